The van der Waals surface area contributed by atoms with Gasteiger partial charge in [0.15, 0.2) is 0 Å². The van der Waals surface area contributed by atoms with E-state index in [9.17, 15) is 0 Å². The average Bonchev–Trinajstić information content (AvgIpc) is 2.53. The van der Waals surface area contributed by atoms with Gasteiger partial charge in [-0.2, -0.15) is 11.3 Å². The first-order valence-corrected chi connectivity index (χ1v) is 6.72. The SMILES string of the molecule is CC1CCC(c2cscc2Br)CC1. The van der Waals surface area contributed by atoms with Gasteiger partial charge >= 0.3 is 0 Å². The Kier molecular flexibility index (Phi) is 3.10. The van der Waals surface area contributed by atoms with Crippen LogP contribution in [0.1, 0.15) is 44.1 Å². The molecule has 0 atom stereocenters. The fourth-order valence-corrected chi connectivity index (χ4v) is 3.86. The van der Waals surface area contributed by atoms with Crippen LogP contribution in [0, 0.1) is 5.92 Å². The van der Waals surface area contributed by atoms with Crippen molar-refractivity contribution in [2.24, 2.45) is 5.92 Å². The van der Waals surface area contributed by atoms with E-state index < -0.39 is 0 Å². The van der Waals surface area contributed by atoms with Crippen LogP contribution in [0.3, 0.4) is 0 Å². The molecule has 0 bridgehead atoms. The Morgan fingerprint density at radius 2 is 1.92 bits per heavy atom. The molecule has 0 nitrogen and oxygen atoms in total. The molecule has 0 saturated heterocycles. The van der Waals surface area contributed by atoms with E-state index in [1.165, 1.54) is 30.2 Å². The molecule has 1 aliphatic rings. The fraction of sp³-hybridized carbons (Fsp3) is 0.636. The van der Waals surface area contributed by atoms with E-state index >= 15 is 0 Å². The molecule has 0 unspecified atom stereocenters. The maximum absolute atomic E-state index is 3.63. The summed E-state index contributed by atoms with van der Waals surface area (Å²) in [6.45, 7) is 2.37. The van der Waals surface area contributed by atoms with Crippen molar-refractivity contribution in [3.8, 4) is 0 Å². The van der Waals surface area contributed by atoms with E-state index in [1.807, 2.05) is 11.3 Å². The van der Waals surface area contributed by atoms with E-state index in [0.717, 1.165) is 11.8 Å². The van der Waals surface area contributed by atoms with Crippen LogP contribution >= 0.6 is 27.3 Å². The van der Waals surface area contributed by atoms with Crippen molar-refractivity contribution in [2.75, 3.05) is 0 Å². The van der Waals surface area contributed by atoms with Gasteiger partial charge in [0.2, 0.25) is 0 Å². The predicted octanol–water partition coefficient (Wildman–Crippen LogP) is 4.80. The molecule has 2 heteroatoms. The van der Waals surface area contributed by atoms with E-state index in [4.69, 9.17) is 0 Å². The number of hydrogen-bond donors (Lipinski definition) is 0. The van der Waals surface area contributed by atoms with Gasteiger partial charge in [0.1, 0.15) is 0 Å². The maximum Gasteiger partial charge on any atom is 0.0317 e. The molecule has 13 heavy (non-hydrogen) atoms. The molecular formula is C11H15BrS. The first-order chi connectivity index (χ1) is 6.27. The van der Waals surface area contributed by atoms with E-state index in [0.29, 0.717) is 0 Å². The van der Waals surface area contributed by atoms with Crippen molar-refractivity contribution in [1.29, 1.82) is 0 Å². The van der Waals surface area contributed by atoms with E-state index in [2.05, 4.69) is 33.6 Å². The molecule has 1 aromatic heterocycles. The molecule has 1 saturated carbocycles. The highest BCUT2D eigenvalue weighted by molar-refractivity contribution is 9.10. The zero-order valence-electron chi connectivity index (χ0n) is 7.92. The lowest BCUT2D eigenvalue weighted by Gasteiger charge is -2.25. The Morgan fingerprint density at radius 1 is 1.23 bits per heavy atom. The molecule has 0 aromatic carbocycles. The largest absolute Gasteiger partial charge is 0.151 e. The number of rotatable bonds is 1. The topological polar surface area (TPSA) is 0 Å². The average molecular weight is 259 g/mol. The zero-order chi connectivity index (χ0) is 9.26. The standard InChI is InChI=1S/C11H15BrS/c1-8-2-4-9(5-3-8)10-6-13-7-11(10)12/h6-9H,2-5H2,1H3. The van der Waals surface area contributed by atoms with Crippen molar-refractivity contribution < 1.29 is 0 Å². The molecule has 1 fully saturated rings. The van der Waals surface area contributed by atoms with Gasteiger partial charge < -0.3 is 0 Å². The third kappa shape index (κ3) is 2.16. The smallest absolute Gasteiger partial charge is 0.0317 e. The molecule has 1 heterocycles. The quantitative estimate of drug-likeness (QED) is 0.679. The minimum Gasteiger partial charge on any atom is -0.151 e. The summed E-state index contributed by atoms with van der Waals surface area (Å²) in [7, 11) is 0. The highest BCUT2D eigenvalue weighted by atomic mass is 79.9. The van der Waals surface area contributed by atoms with Crippen LogP contribution in [0.5, 0.6) is 0 Å². The zero-order valence-corrected chi connectivity index (χ0v) is 10.3. The molecule has 0 aliphatic heterocycles. The van der Waals surface area contributed by atoms with Crippen molar-refractivity contribution in [3.63, 3.8) is 0 Å². The van der Waals surface area contributed by atoms with Crippen LogP contribution in [0.25, 0.3) is 0 Å². The molecule has 0 amide bonds. The van der Waals surface area contributed by atoms with Gasteiger partial charge in [-0.1, -0.05) is 19.8 Å². The lowest BCUT2D eigenvalue weighted by Crippen LogP contribution is -2.10. The Balaban J connectivity index is 2.06. The normalized spacial score (nSPS) is 29.1. The van der Waals surface area contributed by atoms with Crippen LogP contribution in [-0.4, -0.2) is 0 Å². The van der Waals surface area contributed by atoms with Gasteiger partial charge in [-0.3, -0.25) is 0 Å². The second-order valence-electron chi connectivity index (χ2n) is 4.13. The lowest BCUT2D eigenvalue weighted by atomic mass is 9.80. The van der Waals surface area contributed by atoms with Gasteiger partial charge in [-0.15, -0.1) is 0 Å². The predicted molar refractivity (Wildman–Crippen MR) is 62.4 cm³/mol. The summed E-state index contributed by atoms with van der Waals surface area (Å²) in [4.78, 5) is 0. The number of thiophene rings is 1. The second-order valence-corrected chi connectivity index (χ2v) is 5.73. The van der Waals surface area contributed by atoms with Gasteiger partial charge in [-0.05, 0) is 51.6 Å². The molecule has 0 N–H and O–H groups in total. The Labute approximate surface area is 92.5 Å². The highest BCUT2D eigenvalue weighted by Gasteiger charge is 2.21. The van der Waals surface area contributed by atoms with Crippen molar-refractivity contribution in [2.45, 2.75) is 38.5 Å². The molecule has 72 valence electrons. The summed E-state index contributed by atoms with van der Waals surface area (Å²) in [5.74, 6) is 1.78. The lowest BCUT2D eigenvalue weighted by molar-refractivity contribution is 0.348. The van der Waals surface area contributed by atoms with Gasteiger partial charge in [0.25, 0.3) is 0 Å². The van der Waals surface area contributed by atoms with Crippen LogP contribution in [0.2, 0.25) is 0 Å². The first kappa shape index (κ1) is 9.72. The number of hydrogen-bond acceptors (Lipinski definition) is 1. The van der Waals surface area contributed by atoms with Crippen LogP contribution < -0.4 is 0 Å². The van der Waals surface area contributed by atoms with Crippen LogP contribution in [-0.2, 0) is 0 Å². The third-order valence-corrected chi connectivity index (χ3v) is 4.85. The molecule has 0 spiro atoms. The summed E-state index contributed by atoms with van der Waals surface area (Å²) in [5.41, 5.74) is 1.55. The van der Waals surface area contributed by atoms with Crippen LogP contribution in [0.4, 0.5) is 0 Å². The summed E-state index contributed by atoms with van der Waals surface area (Å²) in [6, 6.07) is 0. The molecule has 1 aromatic rings. The monoisotopic (exact) mass is 258 g/mol. The molecule has 0 radical (unpaired) electrons. The fourth-order valence-electron chi connectivity index (χ4n) is 2.15. The Hall–Kier alpha value is 0.180. The number of halogens is 1. The van der Waals surface area contributed by atoms with E-state index in [1.54, 1.807) is 5.56 Å². The minimum absolute atomic E-state index is 0.830. The van der Waals surface area contributed by atoms with Crippen molar-refractivity contribution in [3.05, 3.63) is 20.8 Å². The van der Waals surface area contributed by atoms with Crippen molar-refractivity contribution >= 4 is 27.3 Å². The van der Waals surface area contributed by atoms with Crippen molar-refractivity contribution in [1.82, 2.24) is 0 Å². The molecule has 2 rings (SSSR count). The van der Waals surface area contributed by atoms with Gasteiger partial charge in [0.05, 0.1) is 0 Å². The summed E-state index contributed by atoms with van der Waals surface area (Å²) < 4.78 is 1.33. The van der Waals surface area contributed by atoms with Gasteiger partial charge in [-0.25, -0.2) is 0 Å². The second kappa shape index (κ2) is 4.14. The first-order valence-electron chi connectivity index (χ1n) is 4.99. The maximum atomic E-state index is 3.63. The van der Waals surface area contributed by atoms with Gasteiger partial charge in [0, 0.05) is 9.85 Å². The van der Waals surface area contributed by atoms with Crippen LogP contribution in [0.15, 0.2) is 15.2 Å². The summed E-state index contributed by atoms with van der Waals surface area (Å²) >= 11 is 5.44. The molecular weight excluding hydrogens is 244 g/mol. The van der Waals surface area contributed by atoms with E-state index in [-0.39, 0.29) is 0 Å². The molecule has 1 aliphatic carbocycles. The Morgan fingerprint density at radius 3 is 2.46 bits per heavy atom. The summed E-state index contributed by atoms with van der Waals surface area (Å²) in [6.07, 6.45) is 5.59. The third-order valence-electron chi connectivity index (χ3n) is 3.10. The summed E-state index contributed by atoms with van der Waals surface area (Å²) in [5, 5.41) is 4.51. The Bertz CT molecular complexity index is 271. The highest BCUT2D eigenvalue weighted by Crippen LogP contribution is 2.39. The minimum atomic E-state index is 0.830.